The molecule has 0 aliphatic carbocycles. The third-order valence-corrected chi connectivity index (χ3v) is 8.72. The molecule has 3 fully saturated rings. The molecule has 1 N–H and O–H groups in total. The van der Waals surface area contributed by atoms with E-state index in [9.17, 15) is 14.4 Å². The number of amides is 2. The van der Waals surface area contributed by atoms with Gasteiger partial charge in [0.05, 0.1) is 18.1 Å². The van der Waals surface area contributed by atoms with Crippen LogP contribution in [0.15, 0.2) is 25.3 Å². The standard InChI is InChI=1S/C30H48N2O6/c1-6-9-14-21-37-28(36)24-23-26(34)32(19-12-10-11-13-20-33)25(30(23)17-16-29(24,5)38-30)27(35)31(18-8-3)22(4)15-7-2/h6,8,22-25,33H,1,3,7,9-21H2,2,4-5H3/t22?,23-,24+,25?,29-,30?/m0/s1. The quantitative estimate of drug-likeness (QED) is 0.173. The maximum absolute atomic E-state index is 14.3. The molecule has 8 heteroatoms. The van der Waals surface area contributed by atoms with Crippen LogP contribution in [0.5, 0.6) is 0 Å². The number of allylic oxidation sites excluding steroid dienone is 1. The second kappa shape index (κ2) is 13.2. The Labute approximate surface area is 228 Å². The summed E-state index contributed by atoms with van der Waals surface area (Å²) in [6.45, 7) is 14.8. The van der Waals surface area contributed by atoms with E-state index in [0.717, 1.165) is 38.5 Å². The monoisotopic (exact) mass is 532 g/mol. The highest BCUT2D eigenvalue weighted by Crippen LogP contribution is 2.63. The fourth-order valence-corrected chi connectivity index (χ4v) is 6.90. The minimum atomic E-state index is -1.04. The SMILES string of the molecule is C=CCCCOC(=O)[C@H]1[C@H]2C(=O)N(CCCCCCO)C(C(=O)N(CC=C)C(C)CCC)C23CC[C@]1(C)O3. The van der Waals surface area contributed by atoms with Crippen LogP contribution in [-0.4, -0.2) is 82.3 Å². The van der Waals surface area contributed by atoms with Crippen LogP contribution in [0.1, 0.15) is 85.0 Å². The lowest BCUT2D eigenvalue weighted by Gasteiger charge is -2.39. The number of fused-ring (bicyclic) bond motifs is 1. The van der Waals surface area contributed by atoms with Gasteiger partial charge in [-0.2, -0.15) is 0 Å². The van der Waals surface area contributed by atoms with Gasteiger partial charge in [-0.15, -0.1) is 13.2 Å². The van der Waals surface area contributed by atoms with Gasteiger partial charge in [0.15, 0.2) is 0 Å². The van der Waals surface area contributed by atoms with Gasteiger partial charge < -0.3 is 24.4 Å². The number of rotatable bonds is 17. The minimum absolute atomic E-state index is 0.0118. The van der Waals surface area contributed by atoms with Crippen LogP contribution in [0, 0.1) is 11.8 Å². The molecule has 0 radical (unpaired) electrons. The van der Waals surface area contributed by atoms with E-state index < -0.39 is 35.0 Å². The molecule has 2 bridgehead atoms. The minimum Gasteiger partial charge on any atom is -0.465 e. The number of hydrogen-bond donors (Lipinski definition) is 1. The maximum atomic E-state index is 14.3. The molecule has 0 aromatic carbocycles. The van der Waals surface area contributed by atoms with Gasteiger partial charge in [-0.1, -0.05) is 38.3 Å². The zero-order chi connectivity index (χ0) is 27.9. The molecule has 3 saturated heterocycles. The zero-order valence-electron chi connectivity index (χ0n) is 23.7. The number of nitrogens with zero attached hydrogens (tertiary/aromatic N) is 2. The largest absolute Gasteiger partial charge is 0.465 e. The predicted octanol–water partition coefficient (Wildman–Crippen LogP) is 4.02. The van der Waals surface area contributed by atoms with Crippen LogP contribution in [0.2, 0.25) is 0 Å². The summed E-state index contributed by atoms with van der Waals surface area (Å²) in [5.74, 6) is -2.17. The average molecular weight is 533 g/mol. The molecule has 2 amide bonds. The van der Waals surface area contributed by atoms with E-state index in [2.05, 4.69) is 20.1 Å². The number of unbranched alkanes of at least 4 members (excludes halogenated alkanes) is 4. The van der Waals surface area contributed by atoms with Crippen molar-refractivity contribution >= 4 is 17.8 Å². The van der Waals surface area contributed by atoms with Crippen LogP contribution in [0.4, 0.5) is 0 Å². The highest BCUT2D eigenvalue weighted by molar-refractivity contribution is 5.98. The lowest BCUT2D eigenvalue weighted by atomic mass is 9.66. The average Bonchev–Trinajstić information content (AvgIpc) is 3.45. The summed E-state index contributed by atoms with van der Waals surface area (Å²) in [4.78, 5) is 45.4. The number of aliphatic hydroxyl groups excluding tert-OH is 1. The first-order valence-electron chi connectivity index (χ1n) is 14.5. The molecule has 8 nitrogen and oxygen atoms in total. The molecule has 38 heavy (non-hydrogen) atoms. The Balaban J connectivity index is 1.94. The molecule has 3 aliphatic rings. The van der Waals surface area contributed by atoms with E-state index in [1.807, 2.05) is 18.7 Å². The summed E-state index contributed by atoms with van der Waals surface area (Å²) in [5.41, 5.74) is -1.87. The second-order valence-corrected chi connectivity index (χ2v) is 11.4. The van der Waals surface area contributed by atoms with E-state index in [-0.39, 0.29) is 31.1 Å². The van der Waals surface area contributed by atoms with Crippen molar-refractivity contribution in [3.05, 3.63) is 25.3 Å². The predicted molar refractivity (Wildman–Crippen MR) is 146 cm³/mol. The van der Waals surface area contributed by atoms with Crippen molar-refractivity contribution in [1.29, 1.82) is 0 Å². The molecule has 214 valence electrons. The van der Waals surface area contributed by atoms with Gasteiger partial charge in [0.25, 0.3) is 0 Å². The van der Waals surface area contributed by atoms with Crippen molar-refractivity contribution in [1.82, 2.24) is 9.80 Å². The van der Waals surface area contributed by atoms with Crippen molar-refractivity contribution in [2.24, 2.45) is 11.8 Å². The van der Waals surface area contributed by atoms with Gasteiger partial charge in [-0.3, -0.25) is 14.4 Å². The molecule has 0 aromatic rings. The van der Waals surface area contributed by atoms with Gasteiger partial charge in [0.2, 0.25) is 11.8 Å². The van der Waals surface area contributed by atoms with Gasteiger partial charge in [-0.25, -0.2) is 0 Å². The topological polar surface area (TPSA) is 96.4 Å². The first-order chi connectivity index (χ1) is 18.2. The summed E-state index contributed by atoms with van der Waals surface area (Å²) in [7, 11) is 0. The van der Waals surface area contributed by atoms with Crippen LogP contribution < -0.4 is 0 Å². The summed E-state index contributed by atoms with van der Waals surface area (Å²) in [6.07, 6.45) is 11.0. The lowest BCUT2D eigenvalue weighted by Crippen LogP contribution is -2.58. The summed E-state index contributed by atoms with van der Waals surface area (Å²) < 4.78 is 12.3. The molecular formula is C30H48N2O6. The lowest BCUT2D eigenvalue weighted by molar-refractivity contribution is -0.160. The number of carbonyl (C=O) groups is 3. The molecule has 6 atom stereocenters. The Morgan fingerprint density at radius 1 is 1.21 bits per heavy atom. The fraction of sp³-hybridized carbons (Fsp3) is 0.767. The van der Waals surface area contributed by atoms with Gasteiger partial charge >= 0.3 is 5.97 Å². The van der Waals surface area contributed by atoms with E-state index >= 15 is 0 Å². The van der Waals surface area contributed by atoms with Crippen LogP contribution >= 0.6 is 0 Å². The molecule has 0 saturated carbocycles. The fourth-order valence-electron chi connectivity index (χ4n) is 6.90. The van der Waals surface area contributed by atoms with Crippen molar-refractivity contribution < 1.29 is 29.0 Å². The molecule has 3 rings (SSSR count). The Kier molecular flexibility index (Phi) is 10.6. The Bertz CT molecular complexity index is 877. The van der Waals surface area contributed by atoms with Gasteiger partial charge in [0, 0.05) is 25.7 Å². The normalized spacial score (nSPS) is 30.3. The van der Waals surface area contributed by atoms with Crippen LogP contribution in [0.25, 0.3) is 0 Å². The van der Waals surface area contributed by atoms with Gasteiger partial charge in [-0.05, 0) is 58.8 Å². The molecule has 0 aromatic heterocycles. The molecule has 3 unspecified atom stereocenters. The first kappa shape index (κ1) is 30.4. The number of carbonyl (C=O) groups excluding carboxylic acids is 3. The van der Waals surface area contributed by atoms with Crippen molar-refractivity contribution in [3.8, 4) is 0 Å². The maximum Gasteiger partial charge on any atom is 0.312 e. The summed E-state index contributed by atoms with van der Waals surface area (Å²) in [6, 6.07) is -0.792. The number of aliphatic hydroxyl groups is 1. The number of likely N-dealkylation sites (tertiary alicyclic amines) is 1. The summed E-state index contributed by atoms with van der Waals surface area (Å²) >= 11 is 0. The number of ether oxygens (including phenoxy) is 2. The Morgan fingerprint density at radius 3 is 2.61 bits per heavy atom. The van der Waals surface area contributed by atoms with E-state index in [4.69, 9.17) is 14.6 Å². The smallest absolute Gasteiger partial charge is 0.312 e. The van der Waals surface area contributed by atoms with Crippen molar-refractivity contribution in [2.75, 3.05) is 26.3 Å². The third kappa shape index (κ3) is 5.71. The third-order valence-electron chi connectivity index (χ3n) is 8.72. The van der Waals surface area contributed by atoms with E-state index in [0.29, 0.717) is 38.8 Å². The molecule has 1 spiro atoms. The zero-order valence-corrected chi connectivity index (χ0v) is 23.7. The van der Waals surface area contributed by atoms with Crippen molar-refractivity contribution in [2.45, 2.75) is 108 Å². The first-order valence-corrected chi connectivity index (χ1v) is 14.5. The highest BCUT2D eigenvalue weighted by Gasteiger charge is 2.78. The second-order valence-electron chi connectivity index (χ2n) is 11.4. The molecule has 3 aliphatic heterocycles. The number of esters is 1. The highest BCUT2D eigenvalue weighted by atomic mass is 16.6. The van der Waals surface area contributed by atoms with Crippen molar-refractivity contribution in [3.63, 3.8) is 0 Å². The molecule has 3 heterocycles. The Hall–Kier alpha value is -2.19. The van der Waals surface area contributed by atoms with E-state index in [1.165, 1.54) is 0 Å². The molecular weight excluding hydrogens is 484 g/mol. The summed E-state index contributed by atoms with van der Waals surface area (Å²) in [5, 5.41) is 9.13. The van der Waals surface area contributed by atoms with Crippen LogP contribution in [0.3, 0.4) is 0 Å². The van der Waals surface area contributed by atoms with E-state index in [1.54, 1.807) is 17.1 Å². The Morgan fingerprint density at radius 2 is 1.95 bits per heavy atom. The van der Waals surface area contributed by atoms with Gasteiger partial charge in [0.1, 0.15) is 17.6 Å². The van der Waals surface area contributed by atoms with Crippen LogP contribution in [-0.2, 0) is 23.9 Å². The number of hydrogen-bond acceptors (Lipinski definition) is 6.